The highest BCUT2D eigenvalue weighted by molar-refractivity contribution is 5.94. The fourth-order valence-electron chi connectivity index (χ4n) is 1.88. The van der Waals surface area contributed by atoms with Gasteiger partial charge in [0, 0.05) is 12.2 Å². The normalized spacial score (nSPS) is 11.2. The molecule has 0 unspecified atom stereocenters. The van der Waals surface area contributed by atoms with Crippen molar-refractivity contribution < 1.29 is 4.79 Å². The maximum atomic E-state index is 11.4. The molecule has 1 aromatic carbocycles. The van der Waals surface area contributed by atoms with Crippen molar-refractivity contribution in [1.82, 2.24) is 9.55 Å². The third-order valence-corrected chi connectivity index (χ3v) is 2.54. The Bertz CT molecular complexity index is 571. The third-order valence-electron chi connectivity index (χ3n) is 2.54. The fourth-order valence-corrected chi connectivity index (χ4v) is 1.88. The Labute approximate surface area is 99.4 Å². The summed E-state index contributed by atoms with van der Waals surface area (Å²) in [5.41, 5.74) is 13.3. The maximum Gasteiger partial charge on any atom is 0.284 e. The fraction of sp³-hybridized carbons (Fsp3) is 0.333. The zero-order valence-corrected chi connectivity index (χ0v) is 9.97. The van der Waals surface area contributed by atoms with Crippen LogP contribution in [-0.4, -0.2) is 15.5 Å². The Balaban J connectivity index is 2.68. The number of nitrogen functional groups attached to an aromatic ring is 1. The van der Waals surface area contributed by atoms with Gasteiger partial charge >= 0.3 is 0 Å². The number of imidazole rings is 1. The van der Waals surface area contributed by atoms with E-state index < -0.39 is 5.91 Å². The topological polar surface area (TPSA) is 86.9 Å². The Kier molecular flexibility index (Phi) is 2.75. The predicted octanol–water partition coefficient (Wildman–Crippen LogP) is 1.37. The maximum absolute atomic E-state index is 11.4. The summed E-state index contributed by atoms with van der Waals surface area (Å²) in [5, 5.41) is 0. The van der Waals surface area contributed by atoms with E-state index in [1.807, 2.05) is 10.6 Å². The van der Waals surface area contributed by atoms with Crippen LogP contribution in [0.5, 0.6) is 0 Å². The molecule has 0 aliphatic rings. The molecular weight excluding hydrogens is 216 g/mol. The van der Waals surface area contributed by atoms with E-state index in [2.05, 4.69) is 18.8 Å². The molecule has 0 aliphatic heterocycles. The minimum atomic E-state index is -0.513. The van der Waals surface area contributed by atoms with Gasteiger partial charge in [0.05, 0.1) is 11.0 Å². The number of primary amides is 1. The Morgan fingerprint density at radius 2 is 2.18 bits per heavy atom. The number of amides is 1. The highest BCUT2D eigenvalue weighted by Gasteiger charge is 2.15. The smallest absolute Gasteiger partial charge is 0.284 e. The first-order valence-electron chi connectivity index (χ1n) is 5.54. The van der Waals surface area contributed by atoms with Gasteiger partial charge in [-0.25, -0.2) is 4.98 Å². The van der Waals surface area contributed by atoms with Crippen molar-refractivity contribution in [3.63, 3.8) is 0 Å². The monoisotopic (exact) mass is 232 g/mol. The molecule has 5 nitrogen and oxygen atoms in total. The van der Waals surface area contributed by atoms with Crippen LogP contribution in [0.1, 0.15) is 24.5 Å². The summed E-state index contributed by atoms with van der Waals surface area (Å²) in [7, 11) is 0. The molecule has 4 N–H and O–H groups in total. The van der Waals surface area contributed by atoms with E-state index in [1.54, 1.807) is 12.1 Å². The van der Waals surface area contributed by atoms with Crippen LogP contribution >= 0.6 is 0 Å². The van der Waals surface area contributed by atoms with Crippen LogP contribution < -0.4 is 11.5 Å². The number of nitrogens with two attached hydrogens (primary N) is 2. The van der Waals surface area contributed by atoms with Crippen LogP contribution in [-0.2, 0) is 6.54 Å². The average Bonchev–Trinajstić information content (AvgIpc) is 2.56. The molecule has 5 heteroatoms. The molecule has 2 rings (SSSR count). The second-order valence-electron chi connectivity index (χ2n) is 4.55. The van der Waals surface area contributed by atoms with Gasteiger partial charge in [0.2, 0.25) is 0 Å². The number of aromatic nitrogens is 2. The number of carbonyl (C=O) groups is 1. The predicted molar refractivity (Wildman–Crippen MR) is 67.5 cm³/mol. The van der Waals surface area contributed by atoms with Gasteiger partial charge in [0.1, 0.15) is 0 Å². The Hall–Kier alpha value is -2.04. The molecule has 0 bridgehead atoms. The molecule has 0 radical (unpaired) electrons. The lowest BCUT2D eigenvalue weighted by atomic mass is 10.2. The lowest BCUT2D eigenvalue weighted by Crippen LogP contribution is -2.19. The molecule has 0 spiro atoms. The molecule has 0 saturated carbocycles. The van der Waals surface area contributed by atoms with E-state index in [-0.39, 0.29) is 0 Å². The molecule has 2 aromatic rings. The second-order valence-corrected chi connectivity index (χ2v) is 4.55. The lowest BCUT2D eigenvalue weighted by Gasteiger charge is -2.10. The van der Waals surface area contributed by atoms with Crippen molar-refractivity contribution in [2.75, 3.05) is 5.73 Å². The summed E-state index contributed by atoms with van der Waals surface area (Å²) in [4.78, 5) is 15.6. The molecule has 0 saturated heterocycles. The number of fused-ring (bicyclic) bond motifs is 1. The summed E-state index contributed by atoms with van der Waals surface area (Å²) >= 11 is 0. The molecule has 0 atom stereocenters. The first-order chi connectivity index (χ1) is 7.99. The molecule has 1 heterocycles. The summed E-state index contributed by atoms with van der Waals surface area (Å²) < 4.78 is 1.83. The quantitative estimate of drug-likeness (QED) is 0.783. The van der Waals surface area contributed by atoms with E-state index in [4.69, 9.17) is 11.5 Å². The van der Waals surface area contributed by atoms with E-state index in [0.717, 1.165) is 11.0 Å². The summed E-state index contributed by atoms with van der Waals surface area (Å²) in [6.07, 6.45) is 0. The zero-order chi connectivity index (χ0) is 12.6. The van der Waals surface area contributed by atoms with Gasteiger partial charge in [-0.05, 0) is 24.1 Å². The van der Waals surface area contributed by atoms with Gasteiger partial charge in [-0.15, -0.1) is 0 Å². The molecule has 0 aliphatic carbocycles. The second kappa shape index (κ2) is 4.08. The number of anilines is 1. The highest BCUT2D eigenvalue weighted by Crippen LogP contribution is 2.20. The number of rotatable bonds is 3. The van der Waals surface area contributed by atoms with E-state index >= 15 is 0 Å². The Morgan fingerprint density at radius 3 is 2.76 bits per heavy atom. The van der Waals surface area contributed by atoms with Gasteiger partial charge < -0.3 is 16.0 Å². The average molecular weight is 232 g/mol. The number of hydrogen-bond acceptors (Lipinski definition) is 3. The van der Waals surface area contributed by atoms with Crippen LogP contribution in [0.4, 0.5) is 5.69 Å². The number of carbonyl (C=O) groups excluding carboxylic acids is 1. The van der Waals surface area contributed by atoms with Crippen molar-refractivity contribution in [2.45, 2.75) is 20.4 Å². The summed E-state index contributed by atoms with van der Waals surface area (Å²) in [6.45, 7) is 4.84. The van der Waals surface area contributed by atoms with Crippen LogP contribution in [0, 0.1) is 5.92 Å². The molecule has 0 fully saturated rings. The molecule has 1 amide bonds. The van der Waals surface area contributed by atoms with Crippen molar-refractivity contribution in [3.05, 3.63) is 24.0 Å². The number of nitrogens with zero attached hydrogens (tertiary/aromatic N) is 2. The van der Waals surface area contributed by atoms with Crippen LogP contribution in [0.25, 0.3) is 11.0 Å². The summed E-state index contributed by atoms with van der Waals surface area (Å²) in [6, 6.07) is 5.38. The molecular formula is C12H16N4O. The van der Waals surface area contributed by atoms with Crippen LogP contribution in [0.2, 0.25) is 0 Å². The van der Waals surface area contributed by atoms with Gasteiger partial charge in [-0.3, -0.25) is 4.79 Å². The summed E-state index contributed by atoms with van der Waals surface area (Å²) in [5.74, 6) is 0.173. The molecule has 1 aromatic heterocycles. The lowest BCUT2D eigenvalue weighted by molar-refractivity contribution is 0.0986. The minimum absolute atomic E-state index is 0.291. The van der Waals surface area contributed by atoms with Crippen molar-refractivity contribution in [1.29, 1.82) is 0 Å². The Morgan fingerprint density at radius 1 is 1.47 bits per heavy atom. The van der Waals surface area contributed by atoms with Crippen molar-refractivity contribution >= 4 is 22.6 Å². The third kappa shape index (κ3) is 2.08. The van der Waals surface area contributed by atoms with E-state index in [1.165, 1.54) is 0 Å². The first-order valence-corrected chi connectivity index (χ1v) is 5.54. The first kappa shape index (κ1) is 11.4. The number of benzene rings is 1. The van der Waals surface area contributed by atoms with E-state index in [0.29, 0.717) is 24.0 Å². The van der Waals surface area contributed by atoms with Crippen molar-refractivity contribution in [3.8, 4) is 0 Å². The van der Waals surface area contributed by atoms with Gasteiger partial charge in [-0.1, -0.05) is 13.8 Å². The van der Waals surface area contributed by atoms with Crippen molar-refractivity contribution in [2.24, 2.45) is 11.7 Å². The SMILES string of the molecule is CC(C)Cn1c(C(N)=O)nc2ccc(N)cc21. The van der Waals surface area contributed by atoms with Gasteiger partial charge in [0.25, 0.3) is 5.91 Å². The molecule has 17 heavy (non-hydrogen) atoms. The van der Waals surface area contributed by atoms with Crippen LogP contribution in [0.15, 0.2) is 18.2 Å². The van der Waals surface area contributed by atoms with Gasteiger partial charge in [-0.2, -0.15) is 0 Å². The largest absolute Gasteiger partial charge is 0.399 e. The molecule has 90 valence electrons. The van der Waals surface area contributed by atoms with E-state index in [9.17, 15) is 4.79 Å². The highest BCUT2D eigenvalue weighted by atomic mass is 16.1. The standard InChI is InChI=1S/C12H16N4O/c1-7(2)6-16-10-5-8(13)3-4-9(10)15-12(16)11(14)17/h3-5,7H,6,13H2,1-2H3,(H2,14,17). The van der Waals surface area contributed by atoms with Crippen LogP contribution in [0.3, 0.4) is 0 Å². The minimum Gasteiger partial charge on any atom is -0.399 e. The zero-order valence-electron chi connectivity index (χ0n) is 9.97. The van der Waals surface area contributed by atoms with Gasteiger partial charge in [0.15, 0.2) is 5.82 Å². The number of hydrogen-bond donors (Lipinski definition) is 2.